The summed E-state index contributed by atoms with van der Waals surface area (Å²) in [6, 6.07) is 17.6. The van der Waals surface area contributed by atoms with Crippen molar-refractivity contribution in [1.29, 1.82) is 0 Å². The summed E-state index contributed by atoms with van der Waals surface area (Å²) in [7, 11) is 0. The van der Waals surface area contributed by atoms with Gasteiger partial charge in [-0.1, -0.05) is 23.8 Å². The summed E-state index contributed by atoms with van der Waals surface area (Å²) in [5.41, 5.74) is 10.4. The number of primary amides is 1. The van der Waals surface area contributed by atoms with Crippen molar-refractivity contribution in [3.8, 4) is 17.2 Å². The van der Waals surface area contributed by atoms with Crippen LogP contribution < -0.4 is 5.73 Å². The fourth-order valence-electron chi connectivity index (χ4n) is 2.86. The van der Waals surface area contributed by atoms with Crippen LogP contribution in [0.4, 0.5) is 0 Å². The van der Waals surface area contributed by atoms with Crippen molar-refractivity contribution in [2.24, 2.45) is 5.73 Å². The van der Waals surface area contributed by atoms with Crippen LogP contribution >= 0.6 is 0 Å². The molecule has 2 heterocycles. The van der Waals surface area contributed by atoms with Gasteiger partial charge < -0.3 is 15.3 Å². The number of hydrogen-bond acceptors (Lipinski definition) is 2. The van der Waals surface area contributed by atoms with Crippen LogP contribution in [0.2, 0.25) is 0 Å². The summed E-state index contributed by atoms with van der Waals surface area (Å²) in [5, 5.41) is 0. The fraction of sp³-hybridized carbons (Fsp3) is 0.0526. The third-order valence-corrected chi connectivity index (χ3v) is 4.08. The highest BCUT2D eigenvalue weighted by molar-refractivity contribution is 6.04. The maximum absolute atomic E-state index is 11.6. The van der Waals surface area contributed by atoms with Gasteiger partial charge in [-0.05, 0) is 43.3 Å². The zero-order valence-corrected chi connectivity index (χ0v) is 13.2. The number of rotatable bonds is 3. The molecule has 118 valence electrons. The number of hydrogen-bond donors (Lipinski definition) is 2. The summed E-state index contributed by atoms with van der Waals surface area (Å²) in [4.78, 5) is 19.5. The average molecular weight is 316 g/mol. The second-order valence-corrected chi connectivity index (χ2v) is 5.75. The first-order valence-electron chi connectivity index (χ1n) is 7.67. The van der Waals surface area contributed by atoms with Crippen molar-refractivity contribution >= 4 is 16.9 Å². The van der Waals surface area contributed by atoms with Gasteiger partial charge in [-0.15, -0.1) is 0 Å². The van der Waals surface area contributed by atoms with Gasteiger partial charge >= 0.3 is 0 Å². The van der Waals surface area contributed by atoms with Gasteiger partial charge in [-0.25, -0.2) is 4.98 Å². The van der Waals surface area contributed by atoms with Crippen LogP contribution in [-0.4, -0.2) is 20.4 Å². The van der Waals surface area contributed by atoms with Gasteiger partial charge in [-0.3, -0.25) is 4.79 Å². The molecule has 1 amide bonds. The van der Waals surface area contributed by atoms with E-state index >= 15 is 0 Å². The molecule has 0 aliphatic carbocycles. The van der Waals surface area contributed by atoms with E-state index in [4.69, 9.17) is 5.73 Å². The SMILES string of the molecule is Cc1ccc(-n2cccc2-c2nc3c(C(N)=O)cccc3[nH]2)cc1. The van der Waals surface area contributed by atoms with Gasteiger partial charge in [0, 0.05) is 11.9 Å². The normalized spacial score (nSPS) is 11.0. The number of carbonyl (C=O) groups excluding carboxylic acids is 1. The molecule has 0 unspecified atom stereocenters. The van der Waals surface area contributed by atoms with Gasteiger partial charge in [0.15, 0.2) is 5.82 Å². The number of benzene rings is 2. The Morgan fingerprint density at radius 1 is 1.08 bits per heavy atom. The molecule has 3 N–H and O–H groups in total. The molecular weight excluding hydrogens is 300 g/mol. The third kappa shape index (κ3) is 2.27. The first kappa shape index (κ1) is 14.3. The molecule has 0 saturated heterocycles. The molecule has 24 heavy (non-hydrogen) atoms. The number of aromatic nitrogens is 3. The largest absolute Gasteiger partial charge is 0.366 e. The number of nitrogens with one attached hydrogen (secondary N) is 1. The summed E-state index contributed by atoms with van der Waals surface area (Å²) in [6.45, 7) is 2.06. The Hall–Kier alpha value is -3.34. The molecule has 0 saturated carbocycles. The lowest BCUT2D eigenvalue weighted by Crippen LogP contribution is -2.11. The zero-order valence-electron chi connectivity index (χ0n) is 13.2. The third-order valence-electron chi connectivity index (χ3n) is 4.08. The van der Waals surface area contributed by atoms with Crippen LogP contribution in [-0.2, 0) is 0 Å². The van der Waals surface area contributed by atoms with Crippen molar-refractivity contribution < 1.29 is 4.79 Å². The maximum atomic E-state index is 11.6. The smallest absolute Gasteiger partial charge is 0.250 e. The lowest BCUT2D eigenvalue weighted by atomic mass is 10.2. The van der Waals surface area contributed by atoms with Crippen molar-refractivity contribution in [1.82, 2.24) is 14.5 Å². The predicted molar refractivity (Wildman–Crippen MR) is 94.1 cm³/mol. The number of carbonyl (C=O) groups is 1. The standard InChI is InChI=1S/C19H16N4O/c1-12-7-9-13(10-8-12)23-11-3-6-16(23)19-21-15-5-2-4-14(18(20)24)17(15)22-19/h2-11H,1H3,(H2,20,24)(H,21,22). The van der Waals surface area contributed by atoms with E-state index in [1.54, 1.807) is 12.1 Å². The number of H-pyrrole nitrogens is 1. The fourth-order valence-corrected chi connectivity index (χ4v) is 2.86. The predicted octanol–water partition coefficient (Wildman–Crippen LogP) is 3.43. The molecule has 0 radical (unpaired) electrons. The van der Waals surface area contributed by atoms with E-state index in [1.165, 1.54) is 5.56 Å². The average Bonchev–Trinajstić information content (AvgIpc) is 3.21. The lowest BCUT2D eigenvalue weighted by molar-refractivity contribution is 0.100. The second-order valence-electron chi connectivity index (χ2n) is 5.75. The second kappa shape index (κ2) is 5.38. The zero-order chi connectivity index (χ0) is 16.7. The number of amides is 1. The Bertz CT molecular complexity index is 1040. The van der Waals surface area contributed by atoms with Crippen LogP contribution in [0.1, 0.15) is 15.9 Å². The van der Waals surface area contributed by atoms with Gasteiger partial charge in [0.1, 0.15) is 5.52 Å². The minimum Gasteiger partial charge on any atom is -0.366 e. The first-order valence-corrected chi connectivity index (χ1v) is 7.67. The monoisotopic (exact) mass is 316 g/mol. The highest BCUT2D eigenvalue weighted by Gasteiger charge is 2.14. The van der Waals surface area contributed by atoms with Crippen LogP contribution in [0, 0.1) is 6.92 Å². The molecule has 4 rings (SSSR count). The van der Waals surface area contributed by atoms with E-state index < -0.39 is 5.91 Å². The molecule has 2 aromatic heterocycles. The van der Waals surface area contributed by atoms with E-state index in [-0.39, 0.29) is 0 Å². The molecule has 0 fully saturated rings. The number of nitrogens with two attached hydrogens (primary N) is 1. The minimum atomic E-state index is -0.479. The Labute approximate surface area is 138 Å². The van der Waals surface area contributed by atoms with Crippen LogP contribution in [0.5, 0.6) is 0 Å². The number of imidazole rings is 1. The molecule has 0 aliphatic rings. The Morgan fingerprint density at radius 2 is 1.88 bits per heavy atom. The molecule has 0 spiro atoms. The Morgan fingerprint density at radius 3 is 2.62 bits per heavy atom. The molecule has 5 heteroatoms. The maximum Gasteiger partial charge on any atom is 0.250 e. The molecule has 2 aromatic carbocycles. The van der Waals surface area contributed by atoms with E-state index in [2.05, 4.69) is 45.7 Å². The minimum absolute atomic E-state index is 0.420. The topological polar surface area (TPSA) is 76.7 Å². The van der Waals surface area contributed by atoms with Gasteiger partial charge in [0.25, 0.3) is 5.91 Å². The quantitative estimate of drug-likeness (QED) is 0.607. The first-order chi connectivity index (χ1) is 11.6. The number of fused-ring (bicyclic) bond motifs is 1. The molecular formula is C19H16N4O. The van der Waals surface area contributed by atoms with Gasteiger partial charge in [0.2, 0.25) is 0 Å². The van der Waals surface area contributed by atoms with E-state index in [9.17, 15) is 4.79 Å². The number of aromatic amines is 1. The Balaban J connectivity index is 1.87. The van der Waals surface area contributed by atoms with E-state index in [0.29, 0.717) is 16.9 Å². The number of para-hydroxylation sites is 1. The van der Waals surface area contributed by atoms with Crippen molar-refractivity contribution in [3.05, 3.63) is 71.9 Å². The molecule has 5 nitrogen and oxygen atoms in total. The summed E-state index contributed by atoms with van der Waals surface area (Å²) in [5.74, 6) is 0.219. The molecule has 0 bridgehead atoms. The van der Waals surface area contributed by atoms with Gasteiger partial charge in [0.05, 0.1) is 16.8 Å². The van der Waals surface area contributed by atoms with Crippen LogP contribution in [0.3, 0.4) is 0 Å². The van der Waals surface area contributed by atoms with Crippen LogP contribution in [0.25, 0.3) is 28.2 Å². The van der Waals surface area contributed by atoms with Gasteiger partial charge in [-0.2, -0.15) is 0 Å². The summed E-state index contributed by atoms with van der Waals surface area (Å²) in [6.07, 6.45) is 1.99. The molecule has 0 aliphatic heterocycles. The van der Waals surface area contributed by atoms with Crippen molar-refractivity contribution in [2.75, 3.05) is 0 Å². The number of aryl methyl sites for hydroxylation is 1. The van der Waals surface area contributed by atoms with E-state index in [1.807, 2.05) is 24.4 Å². The van der Waals surface area contributed by atoms with Crippen LogP contribution in [0.15, 0.2) is 60.8 Å². The molecule has 4 aromatic rings. The highest BCUT2D eigenvalue weighted by Crippen LogP contribution is 2.25. The van der Waals surface area contributed by atoms with E-state index in [0.717, 1.165) is 16.9 Å². The molecule has 0 atom stereocenters. The van der Waals surface area contributed by atoms with Crippen molar-refractivity contribution in [3.63, 3.8) is 0 Å². The number of nitrogens with zero attached hydrogens (tertiary/aromatic N) is 2. The highest BCUT2D eigenvalue weighted by atomic mass is 16.1. The Kier molecular flexibility index (Phi) is 3.20. The van der Waals surface area contributed by atoms with Crippen molar-refractivity contribution in [2.45, 2.75) is 6.92 Å². The summed E-state index contributed by atoms with van der Waals surface area (Å²) < 4.78 is 2.06. The summed E-state index contributed by atoms with van der Waals surface area (Å²) >= 11 is 0. The lowest BCUT2D eigenvalue weighted by Gasteiger charge is -2.07.